The second-order valence-corrected chi connectivity index (χ2v) is 4.48. The molecule has 0 radical (unpaired) electrons. The van der Waals surface area contributed by atoms with Gasteiger partial charge < -0.3 is 4.74 Å². The molecule has 6 heteroatoms. The number of Topliss-reactive ketones (excluding diaryl/α,β-unsaturated/α-hetero) is 1. The molecule has 0 N–H and O–H groups in total. The van der Waals surface area contributed by atoms with E-state index in [1.807, 2.05) is 0 Å². The van der Waals surface area contributed by atoms with E-state index in [9.17, 15) is 18.0 Å². The standard InChI is InChI=1S/C11H10BrF3O2/c1-7(16)8-4-2-3-5-9(8)17-6-10(12)11(13,14)15/h2-5,10H,6H2,1H3. The highest BCUT2D eigenvalue weighted by Crippen LogP contribution is 2.27. The third-order valence-corrected chi connectivity index (χ3v) is 2.79. The van der Waals surface area contributed by atoms with Gasteiger partial charge in [-0.25, -0.2) is 0 Å². The summed E-state index contributed by atoms with van der Waals surface area (Å²) >= 11 is 2.48. The predicted octanol–water partition coefficient (Wildman–Crippen LogP) is 3.59. The minimum absolute atomic E-state index is 0.161. The van der Waals surface area contributed by atoms with Crippen LogP contribution < -0.4 is 4.74 Å². The Morgan fingerprint density at radius 1 is 1.41 bits per heavy atom. The number of ketones is 1. The van der Waals surface area contributed by atoms with Crippen LogP contribution in [0.1, 0.15) is 17.3 Å². The SMILES string of the molecule is CC(=O)c1ccccc1OCC(Br)C(F)(F)F. The minimum atomic E-state index is -4.37. The summed E-state index contributed by atoms with van der Waals surface area (Å²) in [6, 6.07) is 6.19. The first-order chi connectivity index (χ1) is 7.82. The smallest absolute Gasteiger partial charge is 0.404 e. The van der Waals surface area contributed by atoms with Crippen molar-refractivity contribution in [3.63, 3.8) is 0 Å². The van der Waals surface area contributed by atoms with Crippen molar-refractivity contribution < 1.29 is 22.7 Å². The molecule has 94 valence electrons. The van der Waals surface area contributed by atoms with Crippen LogP contribution in [0.2, 0.25) is 0 Å². The molecule has 0 saturated carbocycles. The Labute approximate surface area is 105 Å². The van der Waals surface area contributed by atoms with Crippen molar-refractivity contribution in [3.05, 3.63) is 29.8 Å². The highest BCUT2D eigenvalue weighted by molar-refractivity contribution is 9.09. The Morgan fingerprint density at radius 3 is 2.53 bits per heavy atom. The maximum Gasteiger partial charge on any atom is 0.404 e. The lowest BCUT2D eigenvalue weighted by molar-refractivity contribution is -0.132. The first kappa shape index (κ1) is 14.0. The van der Waals surface area contributed by atoms with E-state index < -0.39 is 17.6 Å². The zero-order valence-corrected chi connectivity index (χ0v) is 10.5. The number of carbonyl (C=O) groups excluding carboxylic acids is 1. The molecule has 17 heavy (non-hydrogen) atoms. The summed E-state index contributed by atoms with van der Waals surface area (Å²) < 4.78 is 41.7. The zero-order valence-electron chi connectivity index (χ0n) is 8.92. The number of rotatable bonds is 4. The average molecular weight is 311 g/mol. The van der Waals surface area contributed by atoms with Crippen LogP contribution in [0.15, 0.2) is 24.3 Å². The molecule has 2 nitrogen and oxygen atoms in total. The van der Waals surface area contributed by atoms with Crippen molar-refractivity contribution in [2.24, 2.45) is 0 Å². The lowest BCUT2D eigenvalue weighted by Gasteiger charge is -2.15. The molecule has 0 bridgehead atoms. The molecule has 0 spiro atoms. The van der Waals surface area contributed by atoms with Crippen LogP contribution in [0.4, 0.5) is 13.2 Å². The maximum atomic E-state index is 12.2. The minimum Gasteiger partial charge on any atom is -0.491 e. The van der Waals surface area contributed by atoms with Crippen LogP contribution >= 0.6 is 15.9 Å². The van der Waals surface area contributed by atoms with Gasteiger partial charge in [0.05, 0.1) is 5.56 Å². The van der Waals surface area contributed by atoms with Crippen LogP contribution in [0.25, 0.3) is 0 Å². The van der Waals surface area contributed by atoms with Gasteiger partial charge in [0.15, 0.2) is 5.78 Å². The monoisotopic (exact) mass is 310 g/mol. The molecule has 1 aromatic rings. The van der Waals surface area contributed by atoms with Crippen molar-refractivity contribution in [1.29, 1.82) is 0 Å². The number of ether oxygens (including phenoxy) is 1. The number of hydrogen-bond acceptors (Lipinski definition) is 2. The van der Waals surface area contributed by atoms with E-state index >= 15 is 0 Å². The molecule has 0 fully saturated rings. The fourth-order valence-corrected chi connectivity index (χ4v) is 1.27. The van der Waals surface area contributed by atoms with E-state index in [1.165, 1.54) is 19.1 Å². The molecular formula is C11H10BrF3O2. The zero-order chi connectivity index (χ0) is 13.1. The first-order valence-corrected chi connectivity index (χ1v) is 5.67. The third kappa shape index (κ3) is 4.03. The van der Waals surface area contributed by atoms with Crippen LogP contribution in [0, 0.1) is 0 Å². The van der Waals surface area contributed by atoms with Gasteiger partial charge in [0, 0.05) is 0 Å². The lowest BCUT2D eigenvalue weighted by atomic mass is 10.1. The summed E-state index contributed by atoms with van der Waals surface area (Å²) in [5, 5.41) is 0. The number of hydrogen-bond donors (Lipinski definition) is 0. The van der Waals surface area contributed by atoms with Crippen molar-refractivity contribution in [2.45, 2.75) is 17.9 Å². The van der Waals surface area contributed by atoms with Gasteiger partial charge >= 0.3 is 6.18 Å². The summed E-state index contributed by atoms with van der Waals surface area (Å²) in [7, 11) is 0. The van der Waals surface area contributed by atoms with Crippen LogP contribution in [-0.4, -0.2) is 23.4 Å². The molecule has 0 aliphatic rings. The van der Waals surface area contributed by atoms with Gasteiger partial charge in [0.2, 0.25) is 0 Å². The summed E-state index contributed by atoms with van der Waals surface area (Å²) in [5.74, 6) is -0.0903. The van der Waals surface area contributed by atoms with E-state index in [-0.39, 0.29) is 17.1 Å². The van der Waals surface area contributed by atoms with Crippen molar-refractivity contribution in [2.75, 3.05) is 6.61 Å². The first-order valence-electron chi connectivity index (χ1n) is 4.76. The number of halogens is 4. The van der Waals surface area contributed by atoms with E-state index in [0.717, 1.165) is 0 Å². The molecule has 1 atom stereocenters. The van der Waals surface area contributed by atoms with Gasteiger partial charge in [-0.1, -0.05) is 28.1 Å². The van der Waals surface area contributed by atoms with Gasteiger partial charge in [-0.3, -0.25) is 4.79 Å². The molecular weight excluding hydrogens is 301 g/mol. The number of benzene rings is 1. The van der Waals surface area contributed by atoms with Crippen LogP contribution in [-0.2, 0) is 0 Å². The normalized spacial score (nSPS) is 13.2. The molecule has 0 aromatic heterocycles. The maximum absolute atomic E-state index is 12.2. The van der Waals surface area contributed by atoms with Gasteiger partial charge in [-0.15, -0.1) is 0 Å². The predicted molar refractivity (Wildman–Crippen MR) is 60.7 cm³/mol. The largest absolute Gasteiger partial charge is 0.491 e. The van der Waals surface area contributed by atoms with Crippen molar-refractivity contribution >= 4 is 21.7 Å². The fourth-order valence-electron chi connectivity index (χ4n) is 1.14. The van der Waals surface area contributed by atoms with Gasteiger partial charge in [0.25, 0.3) is 0 Å². The Kier molecular flexibility index (Phi) is 4.56. The summed E-state index contributed by atoms with van der Waals surface area (Å²) in [6.07, 6.45) is -4.37. The molecule has 0 amide bonds. The van der Waals surface area contributed by atoms with Gasteiger partial charge in [0.1, 0.15) is 17.2 Å². The second-order valence-electron chi connectivity index (χ2n) is 3.37. The van der Waals surface area contributed by atoms with E-state index in [2.05, 4.69) is 15.9 Å². The highest BCUT2D eigenvalue weighted by Gasteiger charge is 2.38. The lowest BCUT2D eigenvalue weighted by Crippen LogP contribution is -2.29. The fraction of sp³-hybridized carbons (Fsp3) is 0.364. The molecule has 1 rings (SSSR count). The Balaban J connectivity index is 2.73. The van der Waals surface area contributed by atoms with E-state index in [0.29, 0.717) is 0 Å². The molecule has 1 unspecified atom stereocenters. The quantitative estimate of drug-likeness (QED) is 0.627. The number of carbonyl (C=O) groups is 1. The van der Waals surface area contributed by atoms with Gasteiger partial charge in [-0.05, 0) is 19.1 Å². The summed E-state index contributed by atoms with van der Waals surface area (Å²) in [6.45, 7) is 0.755. The number of alkyl halides is 4. The summed E-state index contributed by atoms with van der Waals surface area (Å²) in [4.78, 5) is 9.44. The molecule has 0 aliphatic carbocycles. The molecule has 0 aliphatic heterocycles. The second kappa shape index (κ2) is 5.53. The topological polar surface area (TPSA) is 26.3 Å². The average Bonchev–Trinajstić information content (AvgIpc) is 2.24. The van der Waals surface area contributed by atoms with Crippen LogP contribution in [0.3, 0.4) is 0 Å². The van der Waals surface area contributed by atoms with Crippen molar-refractivity contribution in [1.82, 2.24) is 0 Å². The van der Waals surface area contributed by atoms with Gasteiger partial charge in [-0.2, -0.15) is 13.2 Å². The Bertz CT molecular complexity index is 404. The van der Waals surface area contributed by atoms with Crippen LogP contribution in [0.5, 0.6) is 5.75 Å². The van der Waals surface area contributed by atoms with Crippen molar-refractivity contribution in [3.8, 4) is 5.75 Å². The summed E-state index contributed by atoms with van der Waals surface area (Å²) in [5.41, 5.74) is 0.273. The Hall–Kier alpha value is -1.04. The molecule has 1 aromatic carbocycles. The Morgan fingerprint density at radius 2 is 2.00 bits per heavy atom. The third-order valence-electron chi connectivity index (χ3n) is 2.01. The molecule has 0 saturated heterocycles. The highest BCUT2D eigenvalue weighted by atomic mass is 79.9. The van der Waals surface area contributed by atoms with E-state index in [1.54, 1.807) is 12.1 Å². The van der Waals surface area contributed by atoms with E-state index in [4.69, 9.17) is 4.74 Å². The number of para-hydroxylation sites is 1. The molecule has 0 heterocycles.